The lowest BCUT2D eigenvalue weighted by Crippen LogP contribution is -2.32. The van der Waals surface area contributed by atoms with Gasteiger partial charge in [0.2, 0.25) is 15.9 Å². The number of benzene rings is 1. The fourth-order valence-electron chi connectivity index (χ4n) is 5.78. The quantitative estimate of drug-likeness (QED) is 0.503. The zero-order valence-electron chi connectivity index (χ0n) is 22.3. The van der Waals surface area contributed by atoms with Gasteiger partial charge in [0.15, 0.2) is 0 Å². The molecule has 0 bridgehead atoms. The van der Waals surface area contributed by atoms with Gasteiger partial charge in [-0.3, -0.25) is 0 Å². The van der Waals surface area contributed by atoms with Crippen LogP contribution in [0.1, 0.15) is 43.5 Å². The molecule has 3 N–H and O–H groups in total. The fourth-order valence-corrected chi connectivity index (χ4v) is 7.35. The van der Waals surface area contributed by atoms with E-state index in [0.717, 1.165) is 47.7 Å². The van der Waals surface area contributed by atoms with Crippen LogP contribution in [0.2, 0.25) is 0 Å². The van der Waals surface area contributed by atoms with Gasteiger partial charge in [0, 0.05) is 54.3 Å². The van der Waals surface area contributed by atoms with E-state index in [2.05, 4.69) is 28.7 Å². The number of hydrogen-bond acceptors (Lipinski definition) is 9. The molecule has 1 fully saturated rings. The number of nitrogens with two attached hydrogens (primary N) is 1. The Hall–Kier alpha value is -3.28. The first-order chi connectivity index (χ1) is 18.6. The Morgan fingerprint density at radius 3 is 2.77 bits per heavy atom. The van der Waals surface area contributed by atoms with Gasteiger partial charge in [0.25, 0.3) is 0 Å². The lowest BCUT2D eigenvalue weighted by atomic mass is 9.76. The largest absolute Gasteiger partial charge is 0.492 e. The van der Waals surface area contributed by atoms with Gasteiger partial charge in [-0.05, 0) is 54.9 Å². The Morgan fingerprint density at radius 1 is 1.13 bits per heavy atom. The predicted molar refractivity (Wildman–Crippen MR) is 147 cm³/mol. The van der Waals surface area contributed by atoms with Crippen LogP contribution >= 0.6 is 0 Å². The van der Waals surface area contributed by atoms with Gasteiger partial charge in [-0.15, -0.1) is 0 Å². The van der Waals surface area contributed by atoms with Crippen molar-refractivity contribution in [1.29, 1.82) is 0 Å². The molecular formula is C28H34N6O4S. The molecule has 11 heteroatoms. The molecule has 2 aromatic heterocycles. The summed E-state index contributed by atoms with van der Waals surface area (Å²) >= 11 is 0. The number of hydrogen-bond donors (Lipinski definition) is 2. The van der Waals surface area contributed by atoms with Crippen molar-refractivity contribution in [1.82, 2.24) is 19.3 Å². The third-order valence-electron chi connectivity index (χ3n) is 8.02. The van der Waals surface area contributed by atoms with E-state index in [9.17, 15) is 13.5 Å². The number of pyridine rings is 1. The predicted octanol–water partition coefficient (Wildman–Crippen LogP) is 2.88. The minimum Gasteiger partial charge on any atom is -0.492 e. The normalized spacial score (nSPS) is 21.1. The molecule has 2 aliphatic heterocycles. The Kier molecular flexibility index (Phi) is 6.47. The van der Waals surface area contributed by atoms with E-state index >= 15 is 0 Å². The molecule has 1 aromatic carbocycles. The summed E-state index contributed by atoms with van der Waals surface area (Å²) in [6.07, 6.45) is 6.72. The van der Waals surface area contributed by atoms with E-state index in [0.29, 0.717) is 38.2 Å². The van der Waals surface area contributed by atoms with Crippen molar-refractivity contribution in [2.75, 3.05) is 31.1 Å². The van der Waals surface area contributed by atoms with E-state index in [1.165, 1.54) is 22.1 Å². The van der Waals surface area contributed by atoms with Crippen LogP contribution in [0.3, 0.4) is 0 Å². The van der Waals surface area contributed by atoms with Gasteiger partial charge in [0.05, 0.1) is 6.54 Å². The molecule has 1 aliphatic carbocycles. The molecule has 0 unspecified atom stereocenters. The summed E-state index contributed by atoms with van der Waals surface area (Å²) in [6.45, 7) is 6.93. The molecule has 1 atom stereocenters. The molecule has 0 radical (unpaired) electrons. The van der Waals surface area contributed by atoms with Gasteiger partial charge < -0.3 is 20.5 Å². The summed E-state index contributed by atoms with van der Waals surface area (Å²) in [4.78, 5) is 15.3. The lowest BCUT2D eigenvalue weighted by Gasteiger charge is -2.33. The van der Waals surface area contributed by atoms with Gasteiger partial charge in [-0.1, -0.05) is 19.9 Å². The minimum atomic E-state index is -3.93. The highest BCUT2D eigenvalue weighted by Crippen LogP contribution is 2.39. The number of ether oxygens (including phenoxy) is 1. The Labute approximate surface area is 228 Å². The highest BCUT2D eigenvalue weighted by atomic mass is 32.2. The summed E-state index contributed by atoms with van der Waals surface area (Å²) in [5, 5.41) is 10.4. The molecule has 3 aromatic rings. The molecule has 6 rings (SSSR count). The zero-order chi connectivity index (χ0) is 27.4. The fraction of sp³-hybridized carbons (Fsp3) is 0.464. The van der Waals surface area contributed by atoms with Crippen LogP contribution in [0.5, 0.6) is 11.6 Å². The van der Waals surface area contributed by atoms with Gasteiger partial charge in [-0.25, -0.2) is 23.4 Å². The highest BCUT2D eigenvalue weighted by molar-refractivity contribution is 7.89. The molecule has 10 nitrogen and oxygen atoms in total. The Balaban J connectivity index is 1.33. The maximum Gasteiger partial charge on any atom is 0.248 e. The van der Waals surface area contributed by atoms with Gasteiger partial charge >= 0.3 is 0 Å². The van der Waals surface area contributed by atoms with Crippen molar-refractivity contribution in [3.63, 3.8) is 0 Å². The summed E-state index contributed by atoms with van der Waals surface area (Å²) in [7, 11) is -3.93. The number of rotatable bonds is 4. The average Bonchev–Trinajstić information content (AvgIpc) is 3.24. The SMILES string of the molecule is CC1(C)CCc2ncnc(N3CCOc4ccc(-c5cnc(O)c(S(=O)(=O)N6CC[C@H](N)C6)c5)cc4C3)c2C1. The number of anilines is 1. The first kappa shape index (κ1) is 26.0. The Bertz CT molecular complexity index is 1530. The third kappa shape index (κ3) is 4.94. The van der Waals surface area contributed by atoms with Crippen LogP contribution in [-0.4, -0.2) is 65.1 Å². The van der Waals surface area contributed by atoms with Crippen molar-refractivity contribution >= 4 is 15.8 Å². The standard InChI is InChI=1S/C28H34N6O4S/c1-28(2)7-5-23-22(13-28)26(32-17-31-23)33-9-10-38-24-4-3-18(11-20(24)15-33)19-12-25(27(35)30-14-19)39(36,37)34-8-6-21(29)16-34/h3-4,11-12,14,17,21H,5-10,13,15-16,29H2,1-2H3,(H,30,35)/t21-/m0/s1. The van der Waals surface area contributed by atoms with E-state index in [1.54, 1.807) is 6.33 Å². The maximum atomic E-state index is 13.3. The summed E-state index contributed by atoms with van der Waals surface area (Å²) in [5.41, 5.74) is 10.8. The number of aromatic nitrogens is 3. The molecule has 206 valence electrons. The van der Waals surface area contributed by atoms with Crippen molar-refractivity contribution in [3.05, 3.63) is 53.6 Å². The summed E-state index contributed by atoms with van der Waals surface area (Å²) in [5.74, 6) is 1.23. The molecule has 0 saturated carbocycles. The Morgan fingerprint density at radius 2 is 1.97 bits per heavy atom. The van der Waals surface area contributed by atoms with E-state index < -0.39 is 15.9 Å². The van der Waals surface area contributed by atoms with Gasteiger partial charge in [-0.2, -0.15) is 4.31 Å². The van der Waals surface area contributed by atoms with E-state index in [-0.39, 0.29) is 22.9 Å². The molecule has 3 aliphatic rings. The number of nitrogens with zero attached hydrogens (tertiary/aromatic N) is 5. The van der Waals surface area contributed by atoms with Crippen LogP contribution in [0.25, 0.3) is 11.1 Å². The number of aryl methyl sites for hydroxylation is 1. The molecule has 4 heterocycles. The zero-order valence-corrected chi connectivity index (χ0v) is 23.1. The second kappa shape index (κ2) is 9.72. The molecule has 0 spiro atoms. The number of aromatic hydroxyl groups is 1. The summed E-state index contributed by atoms with van der Waals surface area (Å²) < 4.78 is 33.9. The van der Waals surface area contributed by atoms with Crippen LogP contribution < -0.4 is 15.4 Å². The number of sulfonamides is 1. The van der Waals surface area contributed by atoms with Crippen molar-refractivity contribution in [3.8, 4) is 22.8 Å². The average molecular weight is 551 g/mol. The first-order valence-corrected chi connectivity index (χ1v) is 14.8. The van der Waals surface area contributed by atoms with Crippen LogP contribution in [-0.2, 0) is 29.4 Å². The monoisotopic (exact) mass is 550 g/mol. The van der Waals surface area contributed by atoms with Crippen molar-refractivity contribution in [2.24, 2.45) is 11.1 Å². The van der Waals surface area contributed by atoms with Crippen LogP contribution in [0.15, 0.2) is 41.7 Å². The van der Waals surface area contributed by atoms with E-state index in [1.807, 2.05) is 18.2 Å². The van der Waals surface area contributed by atoms with Crippen LogP contribution in [0, 0.1) is 5.41 Å². The number of fused-ring (bicyclic) bond motifs is 2. The highest BCUT2D eigenvalue weighted by Gasteiger charge is 2.34. The maximum absolute atomic E-state index is 13.3. The topological polar surface area (TPSA) is 135 Å². The minimum absolute atomic E-state index is 0.198. The van der Waals surface area contributed by atoms with Crippen molar-refractivity contribution in [2.45, 2.75) is 57.0 Å². The van der Waals surface area contributed by atoms with Crippen molar-refractivity contribution < 1.29 is 18.3 Å². The molecule has 39 heavy (non-hydrogen) atoms. The van der Waals surface area contributed by atoms with Crippen LogP contribution in [0.4, 0.5) is 5.82 Å². The summed E-state index contributed by atoms with van der Waals surface area (Å²) in [6, 6.07) is 7.08. The molecular weight excluding hydrogens is 516 g/mol. The molecule has 0 amide bonds. The van der Waals surface area contributed by atoms with Gasteiger partial charge in [0.1, 0.15) is 29.4 Å². The second-order valence-corrected chi connectivity index (χ2v) is 13.4. The van der Waals surface area contributed by atoms with E-state index in [4.69, 9.17) is 15.5 Å². The third-order valence-corrected chi connectivity index (χ3v) is 9.88. The smallest absolute Gasteiger partial charge is 0.248 e. The second-order valence-electron chi connectivity index (χ2n) is 11.5. The molecule has 1 saturated heterocycles. The lowest BCUT2D eigenvalue weighted by molar-refractivity contribution is 0.310. The first-order valence-electron chi connectivity index (χ1n) is 13.4.